The smallest absolute Gasteiger partial charge is 0.258 e. The first-order valence-electron chi connectivity index (χ1n) is 7.08. The van der Waals surface area contributed by atoms with Gasteiger partial charge in [-0.25, -0.2) is 13.9 Å². The number of nitrogens with one attached hydrogen (secondary N) is 1. The van der Waals surface area contributed by atoms with E-state index >= 15 is 0 Å². The zero-order chi connectivity index (χ0) is 17.5. The molecule has 1 rings (SSSR count). The summed E-state index contributed by atoms with van der Waals surface area (Å²) in [7, 11) is -3.85. The predicted molar refractivity (Wildman–Crippen MR) is 85.7 cm³/mol. The van der Waals surface area contributed by atoms with Gasteiger partial charge < -0.3 is 4.74 Å². The van der Waals surface area contributed by atoms with E-state index in [0.29, 0.717) is 12.4 Å². The summed E-state index contributed by atoms with van der Waals surface area (Å²) in [6, 6.07) is 5.90. The van der Waals surface area contributed by atoms with Crippen LogP contribution in [0.1, 0.15) is 13.8 Å². The molecular formula is C15H22N2O5S. The maximum atomic E-state index is 12.7. The number of ether oxygens (including phenoxy) is 1. The van der Waals surface area contributed by atoms with Crippen molar-refractivity contribution >= 4 is 15.9 Å². The first kappa shape index (κ1) is 19.1. The summed E-state index contributed by atoms with van der Waals surface area (Å²) in [4.78, 5) is 11.4. The number of hydrogen-bond acceptors (Lipinski definition) is 5. The lowest BCUT2D eigenvalue weighted by Crippen LogP contribution is -2.41. The van der Waals surface area contributed by atoms with E-state index in [1.54, 1.807) is 6.08 Å². The van der Waals surface area contributed by atoms with Crippen molar-refractivity contribution in [1.29, 1.82) is 0 Å². The minimum atomic E-state index is -3.85. The van der Waals surface area contributed by atoms with E-state index in [2.05, 4.69) is 6.58 Å². The summed E-state index contributed by atoms with van der Waals surface area (Å²) < 4.78 is 31.6. The fourth-order valence-corrected chi connectivity index (χ4v) is 3.42. The van der Waals surface area contributed by atoms with Crippen LogP contribution in [0.5, 0.6) is 5.75 Å². The third kappa shape index (κ3) is 5.66. The van der Waals surface area contributed by atoms with Gasteiger partial charge in [0.05, 0.1) is 11.4 Å². The summed E-state index contributed by atoms with van der Waals surface area (Å²) in [6.07, 6.45) is 1.59. The molecule has 0 aliphatic heterocycles. The van der Waals surface area contributed by atoms with Gasteiger partial charge in [-0.1, -0.05) is 26.5 Å². The number of benzene rings is 1. The third-order valence-corrected chi connectivity index (χ3v) is 4.67. The Morgan fingerprint density at radius 3 is 2.48 bits per heavy atom. The van der Waals surface area contributed by atoms with Crippen LogP contribution in [0.15, 0.2) is 41.8 Å². The van der Waals surface area contributed by atoms with Crippen molar-refractivity contribution in [2.75, 3.05) is 19.7 Å². The zero-order valence-electron chi connectivity index (χ0n) is 13.2. The lowest BCUT2D eigenvalue weighted by atomic mass is 10.2. The van der Waals surface area contributed by atoms with Crippen LogP contribution in [0.2, 0.25) is 0 Å². The standard InChI is InChI=1S/C15H22N2O5S/c1-4-9-22-13-5-7-14(8-6-13)23(20,21)17(10-12(2)3)11-15(18)16-19/h4-8,12,19H,1,9-11H2,2-3H3,(H,16,18). The van der Waals surface area contributed by atoms with E-state index in [4.69, 9.17) is 9.94 Å². The molecule has 1 amide bonds. The Morgan fingerprint density at radius 2 is 2.00 bits per heavy atom. The number of nitrogens with zero attached hydrogens (tertiary/aromatic N) is 1. The fourth-order valence-electron chi connectivity index (χ4n) is 1.86. The van der Waals surface area contributed by atoms with Crippen LogP contribution in [0, 0.1) is 5.92 Å². The number of hydrogen-bond donors (Lipinski definition) is 2. The van der Waals surface area contributed by atoms with Crippen molar-refractivity contribution in [3.8, 4) is 5.75 Å². The normalized spacial score (nSPS) is 11.5. The first-order chi connectivity index (χ1) is 10.8. The van der Waals surface area contributed by atoms with E-state index in [-0.39, 0.29) is 17.4 Å². The van der Waals surface area contributed by atoms with E-state index in [0.717, 1.165) is 4.31 Å². The molecule has 2 N–H and O–H groups in total. The Bertz CT molecular complexity index is 626. The van der Waals surface area contributed by atoms with Crippen LogP contribution in [-0.4, -0.2) is 43.5 Å². The molecule has 128 valence electrons. The molecule has 0 saturated carbocycles. The molecule has 0 atom stereocenters. The SMILES string of the molecule is C=CCOc1ccc(S(=O)(=O)N(CC(=O)NO)CC(C)C)cc1. The van der Waals surface area contributed by atoms with Gasteiger partial charge in [-0.2, -0.15) is 4.31 Å². The molecule has 0 bridgehead atoms. The second kappa shape index (κ2) is 8.66. The van der Waals surface area contributed by atoms with Crippen LogP contribution in [0.3, 0.4) is 0 Å². The van der Waals surface area contributed by atoms with Crippen molar-refractivity contribution in [2.45, 2.75) is 18.7 Å². The van der Waals surface area contributed by atoms with Crippen LogP contribution in [0.25, 0.3) is 0 Å². The van der Waals surface area contributed by atoms with Gasteiger partial charge in [0.2, 0.25) is 10.0 Å². The lowest BCUT2D eigenvalue weighted by molar-refractivity contribution is -0.129. The molecule has 0 saturated heterocycles. The predicted octanol–water partition coefficient (Wildman–Crippen LogP) is 1.40. The summed E-state index contributed by atoms with van der Waals surface area (Å²) >= 11 is 0. The Hall–Kier alpha value is -1.90. The van der Waals surface area contributed by atoms with E-state index < -0.39 is 22.5 Å². The number of sulfonamides is 1. The molecule has 0 spiro atoms. The van der Waals surface area contributed by atoms with Gasteiger partial charge in [-0.3, -0.25) is 10.0 Å². The molecule has 0 aliphatic rings. The van der Waals surface area contributed by atoms with Gasteiger partial charge in [0, 0.05) is 6.54 Å². The fraction of sp³-hybridized carbons (Fsp3) is 0.400. The highest BCUT2D eigenvalue weighted by molar-refractivity contribution is 7.89. The summed E-state index contributed by atoms with van der Waals surface area (Å²) in [5.74, 6) is -0.251. The summed E-state index contributed by atoms with van der Waals surface area (Å²) in [6.45, 7) is 7.24. The van der Waals surface area contributed by atoms with E-state index in [9.17, 15) is 13.2 Å². The molecule has 23 heavy (non-hydrogen) atoms. The topological polar surface area (TPSA) is 95.9 Å². The Labute approximate surface area is 136 Å². The molecular weight excluding hydrogens is 320 g/mol. The van der Waals surface area contributed by atoms with E-state index in [1.165, 1.54) is 29.7 Å². The summed E-state index contributed by atoms with van der Waals surface area (Å²) in [5.41, 5.74) is 1.45. The van der Waals surface area contributed by atoms with Crippen molar-refractivity contribution in [1.82, 2.24) is 9.79 Å². The number of carbonyl (C=O) groups is 1. The van der Waals surface area contributed by atoms with Crippen LogP contribution in [0.4, 0.5) is 0 Å². The van der Waals surface area contributed by atoms with Gasteiger partial charge in [0.15, 0.2) is 0 Å². The minimum absolute atomic E-state index is 0.0199. The van der Waals surface area contributed by atoms with Gasteiger partial charge >= 0.3 is 0 Å². The summed E-state index contributed by atoms with van der Waals surface area (Å²) in [5, 5.41) is 8.63. The lowest BCUT2D eigenvalue weighted by Gasteiger charge is -2.23. The first-order valence-corrected chi connectivity index (χ1v) is 8.52. The van der Waals surface area contributed by atoms with Gasteiger partial charge in [-0.05, 0) is 30.2 Å². The van der Waals surface area contributed by atoms with Gasteiger partial charge in [-0.15, -0.1) is 0 Å². The molecule has 0 heterocycles. The largest absolute Gasteiger partial charge is 0.490 e. The van der Waals surface area contributed by atoms with Crippen molar-refractivity contribution < 1.29 is 23.2 Å². The number of rotatable bonds is 9. The molecule has 1 aromatic rings. The average Bonchev–Trinajstić information content (AvgIpc) is 2.52. The second-order valence-corrected chi connectivity index (χ2v) is 7.24. The molecule has 1 aromatic carbocycles. The average molecular weight is 342 g/mol. The quantitative estimate of drug-likeness (QED) is 0.402. The molecule has 7 nitrogen and oxygen atoms in total. The number of carbonyl (C=O) groups excluding carboxylic acids is 1. The van der Waals surface area contributed by atoms with Gasteiger partial charge in [0.1, 0.15) is 12.4 Å². The molecule has 0 radical (unpaired) electrons. The highest BCUT2D eigenvalue weighted by Gasteiger charge is 2.27. The molecule has 8 heteroatoms. The maximum absolute atomic E-state index is 12.7. The number of hydroxylamine groups is 1. The van der Waals surface area contributed by atoms with E-state index in [1.807, 2.05) is 13.8 Å². The Balaban J connectivity index is 3.03. The van der Waals surface area contributed by atoms with Gasteiger partial charge in [0.25, 0.3) is 5.91 Å². The molecule has 0 fully saturated rings. The molecule has 0 aliphatic carbocycles. The Morgan fingerprint density at radius 1 is 1.39 bits per heavy atom. The van der Waals surface area contributed by atoms with Crippen LogP contribution in [-0.2, 0) is 14.8 Å². The van der Waals surface area contributed by atoms with Crippen molar-refractivity contribution in [2.24, 2.45) is 5.92 Å². The van der Waals surface area contributed by atoms with Crippen LogP contribution >= 0.6 is 0 Å². The maximum Gasteiger partial charge on any atom is 0.258 e. The highest BCUT2D eigenvalue weighted by Crippen LogP contribution is 2.20. The monoisotopic (exact) mass is 342 g/mol. The second-order valence-electron chi connectivity index (χ2n) is 5.30. The van der Waals surface area contributed by atoms with Crippen molar-refractivity contribution in [3.05, 3.63) is 36.9 Å². The zero-order valence-corrected chi connectivity index (χ0v) is 14.0. The number of amides is 1. The highest BCUT2D eigenvalue weighted by atomic mass is 32.2. The molecule has 0 aromatic heterocycles. The Kier molecular flexibility index (Phi) is 7.21. The molecule has 0 unspecified atom stereocenters. The third-order valence-electron chi connectivity index (χ3n) is 2.84. The van der Waals surface area contributed by atoms with Crippen molar-refractivity contribution in [3.63, 3.8) is 0 Å². The minimum Gasteiger partial charge on any atom is -0.490 e. The van der Waals surface area contributed by atoms with Crippen LogP contribution < -0.4 is 10.2 Å².